The van der Waals surface area contributed by atoms with E-state index in [1.807, 2.05) is 20.8 Å². The number of carbonyl (C=O) groups excluding carboxylic acids is 1. The van der Waals surface area contributed by atoms with Crippen LogP contribution in [0.4, 0.5) is 4.79 Å². The van der Waals surface area contributed by atoms with Gasteiger partial charge < -0.3 is 15.2 Å². The molecule has 0 radical (unpaired) electrons. The number of ether oxygens (including phenoxy) is 1. The molecule has 132 valence electrons. The Morgan fingerprint density at radius 3 is 2.35 bits per heavy atom. The summed E-state index contributed by atoms with van der Waals surface area (Å²) in [4.78, 5) is 23.0. The Balaban J connectivity index is 2.66. The molecule has 1 aliphatic rings. The smallest absolute Gasteiger partial charge is 0.408 e. The van der Waals surface area contributed by atoms with E-state index in [0.717, 1.165) is 6.42 Å². The Morgan fingerprint density at radius 1 is 1.22 bits per heavy atom. The van der Waals surface area contributed by atoms with Crippen LogP contribution in [0, 0.1) is 11.8 Å². The third kappa shape index (κ3) is 8.62. The molecule has 2 N–H and O–H groups in total. The van der Waals surface area contributed by atoms with E-state index in [4.69, 9.17) is 9.84 Å². The molecule has 0 aromatic rings. The number of carbonyl (C=O) groups is 2. The van der Waals surface area contributed by atoms with Gasteiger partial charge in [0.1, 0.15) is 5.60 Å². The maximum atomic E-state index is 12.0. The van der Waals surface area contributed by atoms with Crippen molar-refractivity contribution in [2.75, 3.05) is 0 Å². The first-order valence-corrected chi connectivity index (χ1v) is 8.58. The molecule has 0 spiro atoms. The normalized spacial score (nSPS) is 19.3. The maximum absolute atomic E-state index is 12.0. The molecule has 0 saturated heterocycles. The summed E-state index contributed by atoms with van der Waals surface area (Å²) >= 11 is 0. The van der Waals surface area contributed by atoms with Gasteiger partial charge in [0.25, 0.3) is 0 Å². The number of amides is 1. The number of hydrogen-bond donors (Lipinski definition) is 2. The summed E-state index contributed by atoms with van der Waals surface area (Å²) in [5.41, 5.74) is -0.544. The number of carboxylic acid groups (broad SMARTS) is 1. The van der Waals surface area contributed by atoms with Crippen molar-refractivity contribution in [2.45, 2.75) is 77.9 Å². The molecule has 1 saturated carbocycles. The van der Waals surface area contributed by atoms with Crippen LogP contribution < -0.4 is 5.32 Å². The number of aliphatic carboxylic acids is 1. The molecule has 0 aromatic heterocycles. The molecule has 2 unspecified atom stereocenters. The van der Waals surface area contributed by atoms with Crippen LogP contribution in [0.15, 0.2) is 12.2 Å². The van der Waals surface area contributed by atoms with Gasteiger partial charge in [-0.05, 0) is 40.0 Å². The number of carboxylic acids is 1. The minimum Gasteiger partial charge on any atom is -0.481 e. The second-order valence-corrected chi connectivity index (χ2v) is 7.50. The highest BCUT2D eigenvalue weighted by molar-refractivity contribution is 5.71. The topological polar surface area (TPSA) is 75.6 Å². The zero-order valence-electron chi connectivity index (χ0n) is 14.8. The average Bonchev–Trinajstić information content (AvgIpc) is 2.43. The Hall–Kier alpha value is -1.52. The van der Waals surface area contributed by atoms with Gasteiger partial charge >= 0.3 is 12.1 Å². The summed E-state index contributed by atoms with van der Waals surface area (Å²) in [6.07, 6.45) is 9.94. The first-order valence-electron chi connectivity index (χ1n) is 8.58. The molecule has 23 heavy (non-hydrogen) atoms. The molecule has 1 rings (SSSR count). The summed E-state index contributed by atoms with van der Waals surface area (Å²) in [6.45, 7) is 7.10. The van der Waals surface area contributed by atoms with Crippen molar-refractivity contribution in [2.24, 2.45) is 11.8 Å². The fourth-order valence-corrected chi connectivity index (χ4v) is 2.81. The van der Waals surface area contributed by atoms with E-state index in [0.29, 0.717) is 5.92 Å². The molecule has 0 aromatic carbocycles. The molecule has 5 nitrogen and oxygen atoms in total. The SMILES string of the molecule is CC(C=CC(CC1CCCCC1)NC(=O)OC(C)(C)C)C(=O)O. The minimum absolute atomic E-state index is 0.185. The minimum atomic E-state index is -0.866. The predicted molar refractivity (Wildman–Crippen MR) is 90.3 cm³/mol. The van der Waals surface area contributed by atoms with Crippen molar-refractivity contribution in [3.05, 3.63) is 12.2 Å². The van der Waals surface area contributed by atoms with Crippen LogP contribution in [0.5, 0.6) is 0 Å². The molecule has 1 amide bonds. The summed E-state index contributed by atoms with van der Waals surface area (Å²) in [5, 5.41) is 11.9. The fourth-order valence-electron chi connectivity index (χ4n) is 2.81. The predicted octanol–water partition coefficient (Wildman–Crippen LogP) is 4.13. The highest BCUT2D eigenvalue weighted by Crippen LogP contribution is 2.27. The average molecular weight is 325 g/mol. The second kappa shape index (κ2) is 8.94. The molecule has 1 fully saturated rings. The van der Waals surface area contributed by atoms with Crippen LogP contribution in [0.3, 0.4) is 0 Å². The highest BCUT2D eigenvalue weighted by atomic mass is 16.6. The van der Waals surface area contributed by atoms with Gasteiger partial charge in [0.15, 0.2) is 0 Å². The zero-order valence-corrected chi connectivity index (χ0v) is 14.8. The lowest BCUT2D eigenvalue weighted by molar-refractivity contribution is -0.139. The van der Waals surface area contributed by atoms with Crippen LogP contribution >= 0.6 is 0 Å². The van der Waals surface area contributed by atoms with Crippen molar-refractivity contribution >= 4 is 12.1 Å². The van der Waals surface area contributed by atoms with Crippen LogP contribution in [-0.4, -0.2) is 28.8 Å². The summed E-state index contributed by atoms with van der Waals surface area (Å²) in [6, 6.07) is -0.185. The fraction of sp³-hybridized carbons (Fsp3) is 0.778. The Bertz CT molecular complexity index is 419. The maximum Gasteiger partial charge on any atom is 0.408 e. The van der Waals surface area contributed by atoms with Crippen molar-refractivity contribution in [3.8, 4) is 0 Å². The van der Waals surface area contributed by atoms with Gasteiger partial charge in [-0.25, -0.2) is 4.79 Å². The van der Waals surface area contributed by atoms with Crippen LogP contribution in [-0.2, 0) is 9.53 Å². The van der Waals surface area contributed by atoms with Gasteiger partial charge in [-0.3, -0.25) is 4.79 Å². The van der Waals surface area contributed by atoms with Gasteiger partial charge in [-0.1, -0.05) is 44.3 Å². The van der Waals surface area contributed by atoms with E-state index in [1.54, 1.807) is 19.1 Å². The summed E-state index contributed by atoms with van der Waals surface area (Å²) in [5.74, 6) is -0.854. The third-order valence-corrected chi connectivity index (χ3v) is 4.04. The van der Waals surface area contributed by atoms with E-state index >= 15 is 0 Å². The van der Waals surface area contributed by atoms with Gasteiger partial charge in [-0.15, -0.1) is 0 Å². The van der Waals surface area contributed by atoms with E-state index in [2.05, 4.69) is 5.32 Å². The quantitative estimate of drug-likeness (QED) is 0.720. The highest BCUT2D eigenvalue weighted by Gasteiger charge is 2.22. The molecular formula is C18H31NO4. The van der Waals surface area contributed by atoms with Crippen molar-refractivity contribution in [1.82, 2.24) is 5.32 Å². The summed E-state index contributed by atoms with van der Waals surface area (Å²) in [7, 11) is 0. The Labute approximate surface area is 139 Å². The molecule has 0 aliphatic heterocycles. The van der Waals surface area contributed by atoms with Crippen molar-refractivity contribution < 1.29 is 19.4 Å². The van der Waals surface area contributed by atoms with Crippen molar-refractivity contribution in [1.29, 1.82) is 0 Å². The standard InChI is InChI=1S/C18H31NO4/c1-13(16(20)21)10-11-15(12-14-8-6-5-7-9-14)19-17(22)23-18(2,3)4/h10-11,13-15H,5-9,12H2,1-4H3,(H,19,22)(H,20,21). The first kappa shape index (κ1) is 19.5. The van der Waals surface area contributed by atoms with E-state index < -0.39 is 23.6 Å². The van der Waals surface area contributed by atoms with E-state index in [1.165, 1.54) is 32.1 Å². The molecule has 2 atom stereocenters. The van der Waals surface area contributed by atoms with Gasteiger partial charge in [0.05, 0.1) is 12.0 Å². The number of rotatable bonds is 6. The molecular weight excluding hydrogens is 294 g/mol. The van der Waals surface area contributed by atoms with Crippen LogP contribution in [0.1, 0.15) is 66.2 Å². The Morgan fingerprint density at radius 2 is 1.83 bits per heavy atom. The van der Waals surface area contributed by atoms with Crippen molar-refractivity contribution in [3.63, 3.8) is 0 Å². The Kier molecular flexibility index (Phi) is 7.59. The van der Waals surface area contributed by atoms with Crippen LogP contribution in [0.25, 0.3) is 0 Å². The van der Waals surface area contributed by atoms with E-state index in [9.17, 15) is 9.59 Å². The molecule has 5 heteroatoms. The molecule has 0 heterocycles. The van der Waals surface area contributed by atoms with Gasteiger partial charge in [0.2, 0.25) is 0 Å². The largest absolute Gasteiger partial charge is 0.481 e. The third-order valence-electron chi connectivity index (χ3n) is 4.04. The lowest BCUT2D eigenvalue weighted by atomic mass is 9.84. The lowest BCUT2D eigenvalue weighted by Gasteiger charge is -2.27. The number of hydrogen-bond acceptors (Lipinski definition) is 3. The van der Waals surface area contributed by atoms with Gasteiger partial charge in [0, 0.05) is 0 Å². The molecule has 0 bridgehead atoms. The second-order valence-electron chi connectivity index (χ2n) is 7.50. The molecule has 1 aliphatic carbocycles. The monoisotopic (exact) mass is 325 g/mol. The first-order chi connectivity index (χ1) is 10.7. The van der Waals surface area contributed by atoms with E-state index in [-0.39, 0.29) is 6.04 Å². The van der Waals surface area contributed by atoms with Crippen LogP contribution in [0.2, 0.25) is 0 Å². The van der Waals surface area contributed by atoms with Gasteiger partial charge in [-0.2, -0.15) is 0 Å². The zero-order chi connectivity index (χ0) is 17.5. The number of alkyl carbamates (subject to hydrolysis) is 1. The lowest BCUT2D eigenvalue weighted by Crippen LogP contribution is -2.39. The summed E-state index contributed by atoms with van der Waals surface area (Å²) < 4.78 is 5.31. The number of nitrogens with one attached hydrogen (secondary N) is 1.